The number of aromatic nitrogens is 2. The van der Waals surface area contributed by atoms with Crippen LogP contribution >= 0.6 is 11.6 Å². The lowest BCUT2D eigenvalue weighted by atomic mass is 10.1. The van der Waals surface area contributed by atoms with Crippen LogP contribution in [-0.4, -0.2) is 28.1 Å². The van der Waals surface area contributed by atoms with E-state index in [0.29, 0.717) is 34.3 Å². The van der Waals surface area contributed by atoms with Crippen LogP contribution in [0.15, 0.2) is 48.7 Å². The summed E-state index contributed by atoms with van der Waals surface area (Å²) >= 11 is 6.18. The van der Waals surface area contributed by atoms with Gasteiger partial charge in [-0.05, 0) is 48.7 Å². The van der Waals surface area contributed by atoms with E-state index in [2.05, 4.69) is 15.7 Å². The second-order valence-electron chi connectivity index (χ2n) is 7.16. The molecule has 0 saturated heterocycles. The molecule has 0 saturated carbocycles. The number of anilines is 1. The maximum atomic E-state index is 12.8. The van der Waals surface area contributed by atoms with E-state index in [1.54, 1.807) is 31.3 Å². The lowest BCUT2D eigenvalue weighted by molar-refractivity contribution is 0.0945. The van der Waals surface area contributed by atoms with Gasteiger partial charge in [0.15, 0.2) is 0 Å². The van der Waals surface area contributed by atoms with Crippen LogP contribution < -0.4 is 15.4 Å². The van der Waals surface area contributed by atoms with Gasteiger partial charge in [0.25, 0.3) is 11.8 Å². The van der Waals surface area contributed by atoms with E-state index >= 15 is 0 Å². The van der Waals surface area contributed by atoms with E-state index in [9.17, 15) is 9.59 Å². The lowest BCUT2D eigenvalue weighted by Crippen LogP contribution is -2.27. The summed E-state index contributed by atoms with van der Waals surface area (Å²) in [5.41, 5.74) is 2.96. The molecule has 2 N–H and O–H groups in total. The van der Waals surface area contributed by atoms with Gasteiger partial charge in [0, 0.05) is 19.2 Å². The number of rotatable bonds is 8. The smallest absolute Gasteiger partial charge is 0.271 e. The molecule has 0 bridgehead atoms. The number of hydrogen-bond acceptors (Lipinski definition) is 4. The highest BCUT2D eigenvalue weighted by Gasteiger charge is 2.19. The van der Waals surface area contributed by atoms with Crippen LogP contribution in [0.5, 0.6) is 5.75 Å². The van der Waals surface area contributed by atoms with Gasteiger partial charge >= 0.3 is 0 Å². The highest BCUT2D eigenvalue weighted by Crippen LogP contribution is 2.26. The maximum absolute atomic E-state index is 12.8. The molecule has 162 valence electrons. The molecule has 0 spiro atoms. The Kier molecular flexibility index (Phi) is 7.31. The molecule has 0 aliphatic heterocycles. The highest BCUT2D eigenvalue weighted by atomic mass is 35.5. The first-order chi connectivity index (χ1) is 14.9. The number of carbonyl (C=O) groups is 2. The lowest BCUT2D eigenvalue weighted by Gasteiger charge is -2.11. The number of benzene rings is 2. The van der Waals surface area contributed by atoms with Crippen molar-refractivity contribution in [3.63, 3.8) is 0 Å². The van der Waals surface area contributed by atoms with Gasteiger partial charge in [0.1, 0.15) is 18.1 Å². The van der Waals surface area contributed by atoms with Gasteiger partial charge in [-0.1, -0.05) is 36.7 Å². The van der Waals surface area contributed by atoms with Crippen LogP contribution in [0.4, 0.5) is 5.69 Å². The summed E-state index contributed by atoms with van der Waals surface area (Å²) in [6.07, 6.45) is 2.28. The zero-order valence-corrected chi connectivity index (χ0v) is 18.5. The Labute approximate surface area is 186 Å². The van der Waals surface area contributed by atoms with E-state index in [4.69, 9.17) is 16.3 Å². The van der Waals surface area contributed by atoms with Gasteiger partial charge in [-0.2, -0.15) is 5.10 Å². The molecule has 0 fully saturated rings. The van der Waals surface area contributed by atoms with Crippen molar-refractivity contribution in [3.8, 4) is 5.75 Å². The molecule has 1 heterocycles. The zero-order valence-electron chi connectivity index (χ0n) is 17.7. The fourth-order valence-electron chi connectivity index (χ4n) is 3.00. The SMILES string of the molecule is CCCNC(=O)c1c(NC(=O)c2cccc(COc3cc(C)ccc3Cl)c2)cnn1C. The molecule has 0 radical (unpaired) electrons. The molecule has 1 aromatic heterocycles. The predicted octanol–water partition coefficient (Wildman–Crippen LogP) is 4.35. The number of amides is 2. The van der Waals surface area contributed by atoms with Gasteiger partial charge in [-0.15, -0.1) is 0 Å². The molecule has 8 heteroatoms. The molecule has 2 aromatic carbocycles. The Hall–Kier alpha value is -3.32. The van der Waals surface area contributed by atoms with Crippen molar-refractivity contribution in [2.45, 2.75) is 26.9 Å². The van der Waals surface area contributed by atoms with Crippen LogP contribution in [-0.2, 0) is 13.7 Å². The largest absolute Gasteiger partial charge is 0.487 e. The second kappa shape index (κ2) is 10.1. The fraction of sp³-hybridized carbons (Fsp3) is 0.261. The summed E-state index contributed by atoms with van der Waals surface area (Å²) in [5.74, 6) is -0.0306. The van der Waals surface area contributed by atoms with E-state index < -0.39 is 0 Å². The van der Waals surface area contributed by atoms with Crippen molar-refractivity contribution < 1.29 is 14.3 Å². The number of hydrogen-bond donors (Lipinski definition) is 2. The minimum Gasteiger partial charge on any atom is -0.487 e. The second-order valence-corrected chi connectivity index (χ2v) is 7.57. The fourth-order valence-corrected chi connectivity index (χ4v) is 3.17. The Morgan fingerprint density at radius 2 is 1.97 bits per heavy atom. The van der Waals surface area contributed by atoms with E-state index in [-0.39, 0.29) is 18.4 Å². The molecule has 0 aliphatic carbocycles. The monoisotopic (exact) mass is 440 g/mol. The van der Waals surface area contributed by atoms with Crippen molar-refractivity contribution in [1.82, 2.24) is 15.1 Å². The van der Waals surface area contributed by atoms with Crippen LogP contribution in [0.3, 0.4) is 0 Å². The van der Waals surface area contributed by atoms with E-state index in [1.807, 2.05) is 32.0 Å². The summed E-state index contributed by atoms with van der Waals surface area (Å²) in [6.45, 7) is 4.74. The summed E-state index contributed by atoms with van der Waals surface area (Å²) < 4.78 is 7.26. The van der Waals surface area contributed by atoms with Gasteiger partial charge < -0.3 is 15.4 Å². The molecular weight excluding hydrogens is 416 g/mol. The summed E-state index contributed by atoms with van der Waals surface area (Å²) in [6, 6.07) is 12.7. The van der Waals surface area contributed by atoms with Gasteiger partial charge in [-0.3, -0.25) is 14.3 Å². The first kappa shape index (κ1) is 22.4. The number of nitrogens with one attached hydrogen (secondary N) is 2. The van der Waals surface area contributed by atoms with Crippen molar-refractivity contribution in [1.29, 1.82) is 0 Å². The highest BCUT2D eigenvalue weighted by molar-refractivity contribution is 6.32. The molecule has 3 rings (SSSR count). The summed E-state index contributed by atoms with van der Waals surface area (Å²) in [5, 5.41) is 10.2. The molecule has 3 aromatic rings. The molecule has 7 nitrogen and oxygen atoms in total. The number of ether oxygens (including phenoxy) is 1. The van der Waals surface area contributed by atoms with Gasteiger partial charge in [0.05, 0.1) is 16.9 Å². The zero-order chi connectivity index (χ0) is 22.4. The number of aryl methyl sites for hydroxylation is 2. The average molecular weight is 441 g/mol. The Balaban J connectivity index is 1.71. The minimum atomic E-state index is -0.340. The number of halogens is 1. The topological polar surface area (TPSA) is 85.2 Å². The maximum Gasteiger partial charge on any atom is 0.271 e. The van der Waals surface area contributed by atoms with Crippen molar-refractivity contribution >= 4 is 29.1 Å². The van der Waals surface area contributed by atoms with E-state index in [0.717, 1.165) is 17.5 Å². The molecule has 0 unspecified atom stereocenters. The van der Waals surface area contributed by atoms with Crippen molar-refractivity contribution in [3.05, 3.63) is 76.1 Å². The Morgan fingerprint density at radius 3 is 2.74 bits per heavy atom. The normalized spacial score (nSPS) is 10.6. The minimum absolute atomic E-state index is 0.266. The van der Waals surface area contributed by atoms with Gasteiger partial charge in [-0.25, -0.2) is 0 Å². The van der Waals surface area contributed by atoms with E-state index in [1.165, 1.54) is 10.9 Å². The third-order valence-electron chi connectivity index (χ3n) is 4.61. The van der Waals surface area contributed by atoms with Crippen molar-refractivity contribution in [2.24, 2.45) is 7.05 Å². The molecule has 0 aliphatic rings. The van der Waals surface area contributed by atoms with Crippen LogP contribution in [0, 0.1) is 6.92 Å². The summed E-state index contributed by atoms with van der Waals surface area (Å²) in [7, 11) is 1.66. The first-order valence-electron chi connectivity index (χ1n) is 9.98. The molecular formula is C23H25ClN4O3. The Morgan fingerprint density at radius 1 is 1.16 bits per heavy atom. The third-order valence-corrected chi connectivity index (χ3v) is 4.92. The first-order valence-corrected chi connectivity index (χ1v) is 10.4. The summed E-state index contributed by atoms with van der Waals surface area (Å²) in [4.78, 5) is 25.2. The molecule has 31 heavy (non-hydrogen) atoms. The standard InChI is InChI=1S/C23H25ClN4O3/c1-4-10-25-23(30)21-19(13-26-28(21)3)27-22(29)17-7-5-6-16(12-17)14-31-20-11-15(2)8-9-18(20)24/h5-9,11-13H,4,10,14H2,1-3H3,(H,25,30)(H,27,29). The van der Waals surface area contributed by atoms with Crippen LogP contribution in [0.25, 0.3) is 0 Å². The number of carbonyl (C=O) groups excluding carboxylic acids is 2. The number of nitrogens with zero attached hydrogens (tertiary/aromatic N) is 2. The Bertz CT molecular complexity index is 1090. The van der Waals surface area contributed by atoms with Gasteiger partial charge in [0.2, 0.25) is 0 Å². The predicted molar refractivity (Wildman–Crippen MR) is 121 cm³/mol. The van der Waals surface area contributed by atoms with Crippen molar-refractivity contribution in [2.75, 3.05) is 11.9 Å². The van der Waals surface area contributed by atoms with Crippen LogP contribution in [0.2, 0.25) is 5.02 Å². The third kappa shape index (κ3) is 5.64. The molecule has 2 amide bonds. The van der Waals surface area contributed by atoms with Crippen LogP contribution in [0.1, 0.15) is 45.3 Å². The quantitative estimate of drug-likeness (QED) is 0.545. The average Bonchev–Trinajstić information content (AvgIpc) is 3.12. The molecule has 0 atom stereocenters.